The molecule has 4 N–H and O–H groups in total. The van der Waals surface area contributed by atoms with Gasteiger partial charge in [-0.1, -0.05) is 61.4 Å². The molecular weight excluding hydrogens is 664 g/mol. The molecule has 4 aromatic rings. The minimum atomic E-state index is -0.420. The van der Waals surface area contributed by atoms with Gasteiger partial charge in [0, 0.05) is 30.4 Å². The smallest absolute Gasteiger partial charge is 0.267 e. The zero-order valence-electron chi connectivity index (χ0n) is 28.3. The van der Waals surface area contributed by atoms with Crippen LogP contribution < -0.4 is 40.2 Å². The molecule has 52 heavy (non-hydrogen) atoms. The van der Waals surface area contributed by atoms with Crippen LogP contribution in [0.1, 0.15) is 57.5 Å². The molecule has 0 aliphatic carbocycles. The van der Waals surface area contributed by atoms with Gasteiger partial charge in [0.2, 0.25) is 13.6 Å². The first-order valence-corrected chi connectivity index (χ1v) is 16.9. The summed E-state index contributed by atoms with van der Waals surface area (Å²) in [5.74, 6) is 0.774. The maximum absolute atomic E-state index is 13.3. The van der Waals surface area contributed by atoms with Gasteiger partial charge in [0.1, 0.15) is 5.70 Å². The second kappa shape index (κ2) is 17.4. The number of hydrogen-bond acceptors (Lipinski definition) is 8. The van der Waals surface area contributed by atoms with Gasteiger partial charge in [-0.2, -0.15) is 0 Å². The lowest BCUT2D eigenvalue weighted by molar-refractivity contribution is -0.118. The minimum Gasteiger partial charge on any atom is -0.454 e. The third-order valence-corrected chi connectivity index (χ3v) is 8.22. The van der Waals surface area contributed by atoms with E-state index in [1.54, 1.807) is 91.0 Å². The lowest BCUT2D eigenvalue weighted by Gasteiger charge is -2.12. The highest BCUT2D eigenvalue weighted by Gasteiger charge is 2.20. The third-order valence-electron chi connectivity index (χ3n) is 8.22. The first-order valence-electron chi connectivity index (χ1n) is 16.9. The van der Waals surface area contributed by atoms with Gasteiger partial charge >= 0.3 is 0 Å². The van der Waals surface area contributed by atoms with Crippen LogP contribution in [0.3, 0.4) is 0 Å². The standard InChI is InChI=1S/C40H38N4O8/c45-37(28-11-5-3-6-12-28)43-24-31(30-16-18-34-36(23-30)52-26-50-34)39(47)41-19-9-1-2-10-20-42-40(48)32(44-38(46)29-13-7-4-8-14-29)21-27-15-17-33-35(22-27)51-25-49-33/h3-8,11-18,21-24H,1-2,9-10,19-20,25-26H2,(H,41,47)(H,42,48)(H,43,45)(H,44,46)/b31-24-,32-21-. The summed E-state index contributed by atoms with van der Waals surface area (Å²) in [5.41, 5.74) is 2.50. The van der Waals surface area contributed by atoms with Crippen molar-refractivity contribution in [1.82, 2.24) is 21.3 Å². The SMILES string of the molecule is O=C(NCCCCCCNC(=O)/C(=C\NC(=O)c1ccccc1)c1ccc2c(c1)OCO2)/C(=C/c1ccc2c(c1)OCO2)NC(=O)c1ccccc1. The van der Waals surface area contributed by atoms with E-state index in [9.17, 15) is 19.2 Å². The number of unbranched alkanes of at least 4 members (excludes halogenated alkanes) is 3. The van der Waals surface area contributed by atoms with Crippen molar-refractivity contribution in [3.05, 3.63) is 131 Å². The fraction of sp³-hybridized carbons (Fsp3) is 0.200. The Bertz CT molecular complexity index is 1980. The van der Waals surface area contributed by atoms with E-state index in [2.05, 4.69) is 21.3 Å². The lowest BCUT2D eigenvalue weighted by atomic mass is 10.0. The molecule has 0 radical (unpaired) electrons. The van der Waals surface area contributed by atoms with Crippen molar-refractivity contribution < 1.29 is 38.1 Å². The number of carbonyl (C=O) groups excluding carboxylic acids is 4. The number of hydrogen-bond donors (Lipinski definition) is 4. The van der Waals surface area contributed by atoms with E-state index in [-0.39, 0.29) is 36.7 Å². The van der Waals surface area contributed by atoms with Gasteiger partial charge in [-0.3, -0.25) is 19.2 Å². The number of fused-ring (bicyclic) bond motifs is 2. The van der Waals surface area contributed by atoms with E-state index in [0.717, 1.165) is 12.8 Å². The Labute approximate surface area is 300 Å². The molecule has 266 valence electrons. The quantitative estimate of drug-likeness (QED) is 0.0977. The Balaban J connectivity index is 0.983. The molecule has 2 aliphatic heterocycles. The van der Waals surface area contributed by atoms with Gasteiger partial charge in [-0.15, -0.1) is 0 Å². The second-order valence-electron chi connectivity index (χ2n) is 11.9. The van der Waals surface area contributed by atoms with Crippen molar-refractivity contribution in [1.29, 1.82) is 0 Å². The predicted octanol–water partition coefficient (Wildman–Crippen LogP) is 5.18. The number of amides is 4. The summed E-state index contributed by atoms with van der Waals surface area (Å²) in [5, 5.41) is 11.3. The summed E-state index contributed by atoms with van der Waals surface area (Å²) >= 11 is 0. The van der Waals surface area contributed by atoms with Crippen LogP contribution in [-0.2, 0) is 9.59 Å². The molecule has 6 rings (SSSR count). The molecule has 0 saturated heterocycles. The monoisotopic (exact) mass is 702 g/mol. The average Bonchev–Trinajstić information content (AvgIpc) is 3.85. The number of carbonyl (C=O) groups is 4. The number of benzene rings is 4. The van der Waals surface area contributed by atoms with Crippen LogP contribution in [0.25, 0.3) is 11.6 Å². The fourth-order valence-corrected chi connectivity index (χ4v) is 5.46. The Hall–Kier alpha value is -6.56. The minimum absolute atomic E-state index is 0.0988. The number of ether oxygens (including phenoxy) is 4. The number of rotatable bonds is 15. The highest BCUT2D eigenvalue weighted by atomic mass is 16.7. The first-order chi connectivity index (χ1) is 25.4. The molecule has 2 heterocycles. The van der Waals surface area contributed by atoms with E-state index in [1.807, 2.05) is 12.1 Å². The largest absolute Gasteiger partial charge is 0.454 e. The normalized spacial score (nSPS) is 12.9. The van der Waals surface area contributed by atoms with Crippen LogP contribution in [0.15, 0.2) is 109 Å². The Morgan fingerprint density at radius 1 is 0.558 bits per heavy atom. The third kappa shape index (κ3) is 9.36. The van der Waals surface area contributed by atoms with E-state index in [4.69, 9.17) is 18.9 Å². The molecule has 4 aromatic carbocycles. The molecule has 0 unspecified atom stereocenters. The molecule has 0 fully saturated rings. The molecular formula is C40H38N4O8. The van der Waals surface area contributed by atoms with Crippen molar-refractivity contribution >= 4 is 35.3 Å². The Morgan fingerprint density at radius 3 is 1.77 bits per heavy atom. The van der Waals surface area contributed by atoms with Gasteiger partial charge in [-0.25, -0.2) is 0 Å². The molecule has 12 heteroatoms. The number of nitrogens with one attached hydrogen (secondary N) is 4. The van der Waals surface area contributed by atoms with Crippen molar-refractivity contribution in [3.8, 4) is 23.0 Å². The molecule has 12 nitrogen and oxygen atoms in total. The Morgan fingerprint density at radius 2 is 1.12 bits per heavy atom. The highest BCUT2D eigenvalue weighted by molar-refractivity contribution is 6.20. The zero-order chi connectivity index (χ0) is 36.1. The van der Waals surface area contributed by atoms with Crippen molar-refractivity contribution in [2.75, 3.05) is 26.7 Å². The summed E-state index contributed by atoms with van der Waals surface area (Å²) in [6, 6.07) is 27.9. The fourth-order valence-electron chi connectivity index (χ4n) is 5.46. The van der Waals surface area contributed by atoms with E-state index >= 15 is 0 Å². The first kappa shape index (κ1) is 35.3. The van der Waals surface area contributed by atoms with Gasteiger partial charge < -0.3 is 40.2 Å². The highest BCUT2D eigenvalue weighted by Crippen LogP contribution is 2.35. The van der Waals surface area contributed by atoms with Crippen LogP contribution in [0.4, 0.5) is 0 Å². The zero-order valence-corrected chi connectivity index (χ0v) is 28.3. The average molecular weight is 703 g/mol. The van der Waals surface area contributed by atoms with Gasteiger partial charge in [0.15, 0.2) is 23.0 Å². The van der Waals surface area contributed by atoms with Crippen LogP contribution in [0.2, 0.25) is 0 Å². The molecule has 2 aliphatic rings. The Kier molecular flexibility index (Phi) is 11.8. The predicted molar refractivity (Wildman–Crippen MR) is 193 cm³/mol. The van der Waals surface area contributed by atoms with Gasteiger partial charge in [-0.05, 0) is 78.6 Å². The summed E-state index contributed by atoms with van der Waals surface area (Å²) in [4.78, 5) is 52.2. The molecule has 0 atom stereocenters. The van der Waals surface area contributed by atoms with E-state index in [0.29, 0.717) is 71.2 Å². The van der Waals surface area contributed by atoms with E-state index in [1.165, 1.54) is 6.20 Å². The molecule has 0 bridgehead atoms. The lowest BCUT2D eigenvalue weighted by Crippen LogP contribution is -2.35. The van der Waals surface area contributed by atoms with Crippen molar-refractivity contribution in [3.63, 3.8) is 0 Å². The maximum atomic E-state index is 13.3. The van der Waals surface area contributed by atoms with Gasteiger partial charge in [0.25, 0.3) is 23.6 Å². The summed E-state index contributed by atoms with van der Waals surface area (Å²) in [7, 11) is 0. The molecule has 0 spiro atoms. The molecule has 4 amide bonds. The van der Waals surface area contributed by atoms with Crippen molar-refractivity contribution in [2.24, 2.45) is 0 Å². The van der Waals surface area contributed by atoms with Gasteiger partial charge in [0.05, 0.1) is 5.57 Å². The van der Waals surface area contributed by atoms with Crippen LogP contribution in [0, 0.1) is 0 Å². The summed E-state index contributed by atoms with van der Waals surface area (Å²) < 4.78 is 21.7. The topological polar surface area (TPSA) is 153 Å². The second-order valence-corrected chi connectivity index (χ2v) is 11.9. The van der Waals surface area contributed by atoms with Crippen molar-refractivity contribution in [2.45, 2.75) is 25.7 Å². The van der Waals surface area contributed by atoms with Crippen LogP contribution >= 0.6 is 0 Å². The van der Waals surface area contributed by atoms with Crippen LogP contribution in [-0.4, -0.2) is 50.3 Å². The summed E-state index contributed by atoms with van der Waals surface area (Å²) in [6.07, 6.45) is 5.99. The summed E-state index contributed by atoms with van der Waals surface area (Å²) in [6.45, 7) is 1.03. The van der Waals surface area contributed by atoms with E-state index < -0.39 is 11.8 Å². The molecule has 0 aromatic heterocycles. The maximum Gasteiger partial charge on any atom is 0.267 e. The molecule has 0 saturated carbocycles. The van der Waals surface area contributed by atoms with Crippen LogP contribution in [0.5, 0.6) is 23.0 Å².